The third kappa shape index (κ3) is 3.46. The summed E-state index contributed by atoms with van der Waals surface area (Å²) in [6.07, 6.45) is 0. The maximum absolute atomic E-state index is 14.3. The fourth-order valence-corrected chi connectivity index (χ4v) is 5.37. The van der Waals surface area contributed by atoms with E-state index in [9.17, 15) is 14.4 Å². The van der Waals surface area contributed by atoms with Gasteiger partial charge in [0.1, 0.15) is 0 Å². The van der Waals surface area contributed by atoms with Crippen molar-refractivity contribution < 1.29 is 0 Å². The molecule has 7 rings (SSSR count). The Kier molecular flexibility index (Phi) is 5.13. The van der Waals surface area contributed by atoms with E-state index in [0.717, 1.165) is 46.0 Å². The van der Waals surface area contributed by atoms with E-state index < -0.39 is 17.1 Å². The Bertz CT molecular complexity index is 1960. The zero-order valence-electron chi connectivity index (χ0n) is 20.7. The SMILES string of the molecule is O=c1n(-c2cccc3ccccc23)c(=O)n(-c2cccc3ccccc23)c(=O)n1-c1cccc2ccccc12. The summed E-state index contributed by atoms with van der Waals surface area (Å²) in [5.74, 6) is 0. The predicted octanol–water partition coefficient (Wildman–Crippen LogP) is 5.60. The molecule has 6 heteroatoms. The van der Waals surface area contributed by atoms with Crippen LogP contribution in [0.3, 0.4) is 0 Å². The lowest BCUT2D eigenvalue weighted by molar-refractivity contribution is 0.665. The molecule has 0 amide bonds. The molecule has 0 N–H and O–H groups in total. The second-order valence-corrected chi connectivity index (χ2v) is 9.35. The van der Waals surface area contributed by atoms with E-state index in [0.29, 0.717) is 17.1 Å². The Balaban J connectivity index is 1.70. The van der Waals surface area contributed by atoms with Gasteiger partial charge >= 0.3 is 17.1 Å². The van der Waals surface area contributed by atoms with Crippen LogP contribution < -0.4 is 17.1 Å². The Hall–Kier alpha value is -5.49. The minimum absolute atomic E-state index is 0.408. The van der Waals surface area contributed by atoms with E-state index in [-0.39, 0.29) is 0 Å². The van der Waals surface area contributed by atoms with Gasteiger partial charge in [0.2, 0.25) is 0 Å². The van der Waals surface area contributed by atoms with Gasteiger partial charge in [-0.3, -0.25) is 0 Å². The van der Waals surface area contributed by atoms with Gasteiger partial charge < -0.3 is 0 Å². The van der Waals surface area contributed by atoms with Crippen molar-refractivity contribution in [3.8, 4) is 17.1 Å². The zero-order chi connectivity index (χ0) is 26.5. The van der Waals surface area contributed by atoms with Gasteiger partial charge in [-0.05, 0) is 34.4 Å². The molecule has 1 heterocycles. The van der Waals surface area contributed by atoms with Crippen molar-refractivity contribution >= 4 is 32.3 Å². The molecular formula is C33H21N3O3. The molecule has 0 unspecified atom stereocenters. The topological polar surface area (TPSA) is 66.0 Å². The van der Waals surface area contributed by atoms with E-state index in [1.807, 2.05) is 91.0 Å². The van der Waals surface area contributed by atoms with Crippen LogP contribution in [0.1, 0.15) is 0 Å². The molecule has 0 bridgehead atoms. The summed E-state index contributed by atoms with van der Waals surface area (Å²) in [6, 6.07) is 39.1. The molecule has 6 aromatic carbocycles. The van der Waals surface area contributed by atoms with Gasteiger partial charge in [0.15, 0.2) is 0 Å². The van der Waals surface area contributed by atoms with Crippen molar-refractivity contribution in [3.05, 3.63) is 159 Å². The Labute approximate surface area is 221 Å². The van der Waals surface area contributed by atoms with Crippen molar-refractivity contribution in [3.63, 3.8) is 0 Å². The van der Waals surface area contributed by atoms with E-state index in [1.54, 1.807) is 36.4 Å². The summed E-state index contributed by atoms with van der Waals surface area (Å²) in [7, 11) is 0. The zero-order valence-corrected chi connectivity index (χ0v) is 20.7. The smallest absolute Gasteiger partial charge is 0.246 e. The van der Waals surface area contributed by atoms with Crippen LogP contribution in [0.25, 0.3) is 49.4 Å². The Morgan fingerprint density at radius 1 is 0.308 bits per heavy atom. The molecule has 0 saturated heterocycles. The Morgan fingerprint density at radius 2 is 0.564 bits per heavy atom. The van der Waals surface area contributed by atoms with E-state index in [2.05, 4.69) is 0 Å². The van der Waals surface area contributed by atoms with Crippen molar-refractivity contribution in [2.24, 2.45) is 0 Å². The highest BCUT2D eigenvalue weighted by Gasteiger charge is 2.22. The van der Waals surface area contributed by atoms with E-state index in [4.69, 9.17) is 0 Å². The monoisotopic (exact) mass is 507 g/mol. The summed E-state index contributed by atoms with van der Waals surface area (Å²) < 4.78 is 3.31. The fraction of sp³-hybridized carbons (Fsp3) is 0. The largest absolute Gasteiger partial charge is 0.345 e. The Morgan fingerprint density at radius 3 is 0.872 bits per heavy atom. The van der Waals surface area contributed by atoms with Crippen LogP contribution in [0.15, 0.2) is 142 Å². The van der Waals surface area contributed by atoms with Crippen molar-refractivity contribution in [1.29, 1.82) is 0 Å². The first-order valence-electron chi connectivity index (χ1n) is 12.6. The van der Waals surface area contributed by atoms with Crippen LogP contribution in [-0.4, -0.2) is 13.7 Å². The summed E-state index contributed by atoms with van der Waals surface area (Å²) >= 11 is 0. The van der Waals surface area contributed by atoms with Gasteiger partial charge in [0.25, 0.3) is 0 Å². The molecule has 186 valence electrons. The maximum Gasteiger partial charge on any atom is 0.345 e. The average Bonchev–Trinajstić information content (AvgIpc) is 2.97. The second kappa shape index (κ2) is 8.82. The molecule has 0 aliphatic heterocycles. The number of hydrogen-bond donors (Lipinski definition) is 0. The third-order valence-corrected chi connectivity index (χ3v) is 7.17. The lowest BCUT2D eigenvalue weighted by Gasteiger charge is -2.17. The number of nitrogens with zero attached hydrogens (tertiary/aromatic N) is 3. The van der Waals surface area contributed by atoms with Crippen molar-refractivity contribution in [1.82, 2.24) is 13.7 Å². The first kappa shape index (κ1) is 22.7. The molecule has 39 heavy (non-hydrogen) atoms. The van der Waals surface area contributed by atoms with Crippen molar-refractivity contribution in [2.45, 2.75) is 0 Å². The van der Waals surface area contributed by atoms with Crippen LogP contribution in [0.4, 0.5) is 0 Å². The number of rotatable bonds is 3. The standard InChI is InChI=1S/C33H21N3O3/c37-31-34(28-19-7-13-22-10-1-4-16-25(22)28)32(38)36(30-21-9-15-24-12-3-6-18-27(24)30)33(39)35(31)29-20-8-14-23-11-2-5-17-26(23)29/h1-21H. The minimum atomic E-state index is -0.728. The maximum atomic E-state index is 14.3. The highest BCUT2D eigenvalue weighted by atomic mass is 16.2. The van der Waals surface area contributed by atoms with Crippen LogP contribution in [0.5, 0.6) is 0 Å². The highest BCUT2D eigenvalue weighted by Crippen LogP contribution is 2.24. The number of hydrogen-bond acceptors (Lipinski definition) is 3. The number of aromatic nitrogens is 3. The lowest BCUT2D eigenvalue weighted by Crippen LogP contribution is -2.52. The first-order chi connectivity index (χ1) is 19.1. The van der Waals surface area contributed by atoms with Crippen LogP contribution in [0.2, 0.25) is 0 Å². The molecule has 0 fully saturated rings. The van der Waals surface area contributed by atoms with E-state index in [1.165, 1.54) is 0 Å². The molecule has 1 aromatic heterocycles. The van der Waals surface area contributed by atoms with Crippen LogP contribution in [-0.2, 0) is 0 Å². The molecule has 0 spiro atoms. The fourth-order valence-electron chi connectivity index (χ4n) is 5.37. The minimum Gasteiger partial charge on any atom is -0.246 e. The van der Waals surface area contributed by atoms with Crippen LogP contribution >= 0.6 is 0 Å². The summed E-state index contributed by atoms with van der Waals surface area (Å²) in [5.41, 5.74) is -0.958. The lowest BCUT2D eigenvalue weighted by atomic mass is 10.1. The van der Waals surface area contributed by atoms with Gasteiger partial charge in [-0.1, -0.05) is 109 Å². The molecule has 7 aromatic rings. The van der Waals surface area contributed by atoms with E-state index >= 15 is 0 Å². The number of fused-ring (bicyclic) bond motifs is 3. The molecule has 0 aliphatic carbocycles. The van der Waals surface area contributed by atoms with Crippen molar-refractivity contribution in [2.75, 3.05) is 0 Å². The van der Waals surface area contributed by atoms with Gasteiger partial charge in [-0.2, -0.15) is 0 Å². The summed E-state index contributed by atoms with van der Waals surface area (Å²) in [6.45, 7) is 0. The van der Waals surface area contributed by atoms with Crippen LogP contribution in [0, 0.1) is 0 Å². The quantitative estimate of drug-likeness (QED) is 0.313. The summed E-state index contributed by atoms with van der Waals surface area (Å²) in [4.78, 5) is 42.8. The molecular weight excluding hydrogens is 486 g/mol. The molecule has 0 radical (unpaired) electrons. The van der Waals surface area contributed by atoms with Gasteiger partial charge in [-0.25, -0.2) is 28.1 Å². The molecule has 0 saturated carbocycles. The van der Waals surface area contributed by atoms with Gasteiger partial charge in [0.05, 0.1) is 17.1 Å². The average molecular weight is 508 g/mol. The van der Waals surface area contributed by atoms with Gasteiger partial charge in [0, 0.05) is 16.2 Å². The number of benzene rings is 6. The molecule has 6 nitrogen and oxygen atoms in total. The third-order valence-electron chi connectivity index (χ3n) is 7.17. The highest BCUT2D eigenvalue weighted by molar-refractivity contribution is 5.92. The molecule has 0 atom stereocenters. The normalized spacial score (nSPS) is 11.4. The first-order valence-corrected chi connectivity index (χ1v) is 12.6. The van der Waals surface area contributed by atoms with Gasteiger partial charge in [-0.15, -0.1) is 0 Å². The summed E-state index contributed by atoms with van der Waals surface area (Å²) in [5, 5.41) is 4.81. The second-order valence-electron chi connectivity index (χ2n) is 9.35. The predicted molar refractivity (Wildman–Crippen MR) is 156 cm³/mol. The molecule has 0 aliphatic rings.